The van der Waals surface area contributed by atoms with E-state index in [-0.39, 0.29) is 17.7 Å². The third kappa shape index (κ3) is 1.99. The fourth-order valence-corrected chi connectivity index (χ4v) is 3.59. The fraction of sp³-hybridized carbons (Fsp3) is 0.643. The van der Waals surface area contributed by atoms with Gasteiger partial charge in [-0.1, -0.05) is 18.0 Å². The quantitative estimate of drug-likeness (QED) is 0.892. The van der Waals surface area contributed by atoms with Crippen molar-refractivity contribution in [3.05, 3.63) is 17.5 Å². The lowest BCUT2D eigenvalue weighted by Crippen LogP contribution is -2.46. The first-order valence-electron chi connectivity index (χ1n) is 7.06. The number of hydrogen-bond donors (Lipinski definition) is 1. The number of carboxylic acids is 1. The van der Waals surface area contributed by atoms with E-state index < -0.39 is 12.0 Å². The summed E-state index contributed by atoms with van der Waals surface area (Å²) in [5.74, 6) is -0.786. The summed E-state index contributed by atoms with van der Waals surface area (Å²) in [5.41, 5.74) is 0.651. The Labute approximate surface area is 116 Å². The molecule has 2 heterocycles. The van der Waals surface area contributed by atoms with Crippen LogP contribution in [0.4, 0.5) is 0 Å². The van der Waals surface area contributed by atoms with Crippen molar-refractivity contribution in [1.82, 2.24) is 10.1 Å². The summed E-state index contributed by atoms with van der Waals surface area (Å²) in [6, 6.07) is -0.707. The lowest BCUT2D eigenvalue weighted by Gasteiger charge is -2.32. The lowest BCUT2D eigenvalue weighted by molar-refractivity contribution is -0.141. The summed E-state index contributed by atoms with van der Waals surface area (Å²) in [6.45, 7) is 1.74. The zero-order valence-electron chi connectivity index (χ0n) is 11.4. The van der Waals surface area contributed by atoms with Crippen LogP contribution >= 0.6 is 0 Å². The Bertz CT molecular complexity index is 539. The van der Waals surface area contributed by atoms with Crippen LogP contribution in [0.15, 0.2) is 10.7 Å². The smallest absolute Gasteiger partial charge is 0.326 e. The topological polar surface area (TPSA) is 83.6 Å². The van der Waals surface area contributed by atoms with Crippen LogP contribution in [0.1, 0.15) is 48.2 Å². The second-order valence-corrected chi connectivity index (χ2v) is 5.75. The monoisotopic (exact) mass is 278 g/mol. The maximum absolute atomic E-state index is 12.6. The first kappa shape index (κ1) is 13.1. The van der Waals surface area contributed by atoms with E-state index >= 15 is 0 Å². The molecule has 1 saturated heterocycles. The van der Waals surface area contributed by atoms with E-state index in [1.54, 1.807) is 6.92 Å². The van der Waals surface area contributed by atoms with Crippen molar-refractivity contribution in [3.63, 3.8) is 0 Å². The summed E-state index contributed by atoms with van der Waals surface area (Å²) in [6.07, 6.45) is 6.10. The van der Waals surface area contributed by atoms with E-state index in [1.807, 2.05) is 0 Å². The van der Waals surface area contributed by atoms with E-state index in [0.29, 0.717) is 17.9 Å². The molecule has 1 aliphatic carbocycles. The highest BCUT2D eigenvalue weighted by Crippen LogP contribution is 2.40. The van der Waals surface area contributed by atoms with Gasteiger partial charge in [-0.15, -0.1) is 0 Å². The molecule has 3 rings (SSSR count). The predicted molar refractivity (Wildman–Crippen MR) is 69.2 cm³/mol. The van der Waals surface area contributed by atoms with Gasteiger partial charge in [0.15, 0.2) is 0 Å². The number of amides is 1. The van der Waals surface area contributed by atoms with Gasteiger partial charge in [-0.05, 0) is 32.1 Å². The van der Waals surface area contributed by atoms with Gasteiger partial charge in [-0.3, -0.25) is 4.79 Å². The molecule has 3 unspecified atom stereocenters. The van der Waals surface area contributed by atoms with Gasteiger partial charge < -0.3 is 14.5 Å². The highest BCUT2D eigenvalue weighted by molar-refractivity contribution is 5.96. The first-order valence-corrected chi connectivity index (χ1v) is 7.06. The van der Waals surface area contributed by atoms with E-state index in [1.165, 1.54) is 11.1 Å². The Morgan fingerprint density at radius 2 is 2.15 bits per heavy atom. The number of aromatic nitrogens is 1. The maximum Gasteiger partial charge on any atom is 0.326 e. The van der Waals surface area contributed by atoms with Crippen molar-refractivity contribution in [3.8, 4) is 0 Å². The number of likely N-dealkylation sites (tertiary alicyclic amines) is 1. The van der Waals surface area contributed by atoms with Gasteiger partial charge in [0.05, 0.1) is 6.20 Å². The molecule has 6 nitrogen and oxygen atoms in total. The SMILES string of the molecule is Cc1cnoc1C(=O)N1C(C(=O)O)CC2CCCCC21. The van der Waals surface area contributed by atoms with Crippen molar-refractivity contribution < 1.29 is 19.2 Å². The summed E-state index contributed by atoms with van der Waals surface area (Å²) in [7, 11) is 0. The van der Waals surface area contributed by atoms with Gasteiger partial charge in [0.25, 0.3) is 5.91 Å². The molecule has 0 aromatic carbocycles. The fourth-order valence-electron chi connectivity index (χ4n) is 3.59. The number of carboxylic acid groups (broad SMARTS) is 1. The molecule has 108 valence electrons. The van der Waals surface area contributed by atoms with E-state index in [0.717, 1.165) is 25.7 Å². The van der Waals surface area contributed by atoms with Gasteiger partial charge in [0.1, 0.15) is 6.04 Å². The molecule has 3 atom stereocenters. The van der Waals surface area contributed by atoms with E-state index in [2.05, 4.69) is 5.16 Å². The van der Waals surface area contributed by atoms with Crippen molar-refractivity contribution >= 4 is 11.9 Å². The Hall–Kier alpha value is -1.85. The second-order valence-electron chi connectivity index (χ2n) is 5.75. The largest absolute Gasteiger partial charge is 0.480 e. The molecule has 1 aromatic heterocycles. The molecule has 1 aromatic rings. The van der Waals surface area contributed by atoms with Crippen molar-refractivity contribution in [2.24, 2.45) is 5.92 Å². The summed E-state index contributed by atoms with van der Waals surface area (Å²) >= 11 is 0. The molecule has 0 bridgehead atoms. The van der Waals surface area contributed by atoms with Crippen LogP contribution in [0.25, 0.3) is 0 Å². The number of nitrogens with zero attached hydrogens (tertiary/aromatic N) is 2. The Morgan fingerprint density at radius 3 is 2.80 bits per heavy atom. The number of carbonyl (C=O) groups excluding carboxylic acids is 1. The minimum Gasteiger partial charge on any atom is -0.480 e. The highest BCUT2D eigenvalue weighted by Gasteiger charge is 2.48. The third-order valence-electron chi connectivity index (χ3n) is 4.55. The second kappa shape index (κ2) is 4.92. The van der Waals surface area contributed by atoms with E-state index in [4.69, 9.17) is 4.52 Å². The Kier molecular flexibility index (Phi) is 3.23. The molecule has 1 aliphatic heterocycles. The minimum absolute atomic E-state index is 0.0295. The average molecular weight is 278 g/mol. The molecule has 20 heavy (non-hydrogen) atoms. The average Bonchev–Trinajstić information content (AvgIpc) is 3.01. The molecule has 0 radical (unpaired) electrons. The predicted octanol–water partition coefficient (Wildman–Crippen LogP) is 1.84. The molecular weight excluding hydrogens is 260 g/mol. The number of aliphatic carboxylic acids is 1. The van der Waals surface area contributed by atoms with Gasteiger partial charge in [-0.2, -0.15) is 0 Å². The Balaban J connectivity index is 1.93. The standard InChI is InChI=1S/C14H18N2O4/c1-8-7-15-20-12(8)13(17)16-10-5-3-2-4-9(10)6-11(16)14(18)19/h7,9-11H,2-6H2,1H3,(H,18,19). The normalized spacial score (nSPS) is 29.2. The van der Waals surface area contributed by atoms with Crippen LogP contribution < -0.4 is 0 Å². The van der Waals surface area contributed by atoms with Gasteiger partial charge in [0, 0.05) is 11.6 Å². The molecule has 1 N–H and O–H groups in total. The third-order valence-corrected chi connectivity index (χ3v) is 4.55. The van der Waals surface area contributed by atoms with Crippen LogP contribution in [-0.4, -0.2) is 39.1 Å². The number of carbonyl (C=O) groups is 2. The molecule has 1 amide bonds. The van der Waals surface area contributed by atoms with Gasteiger partial charge >= 0.3 is 5.97 Å². The molecule has 2 aliphatic rings. The molecule has 6 heteroatoms. The van der Waals surface area contributed by atoms with Crippen LogP contribution in [0.5, 0.6) is 0 Å². The molecule has 2 fully saturated rings. The summed E-state index contributed by atoms with van der Waals surface area (Å²) in [5, 5.41) is 13.0. The molecule has 0 spiro atoms. The van der Waals surface area contributed by atoms with Crippen molar-refractivity contribution in [2.75, 3.05) is 0 Å². The molecular formula is C14H18N2O4. The zero-order valence-corrected chi connectivity index (χ0v) is 11.4. The summed E-state index contributed by atoms with van der Waals surface area (Å²) in [4.78, 5) is 25.6. The first-order chi connectivity index (χ1) is 9.59. The maximum atomic E-state index is 12.6. The lowest BCUT2D eigenvalue weighted by atomic mass is 9.84. The number of fused-ring (bicyclic) bond motifs is 1. The van der Waals surface area contributed by atoms with Crippen molar-refractivity contribution in [2.45, 2.75) is 51.1 Å². The van der Waals surface area contributed by atoms with Crippen LogP contribution in [0.3, 0.4) is 0 Å². The summed E-state index contributed by atoms with van der Waals surface area (Å²) < 4.78 is 5.01. The zero-order chi connectivity index (χ0) is 14.3. The van der Waals surface area contributed by atoms with Crippen LogP contribution in [0.2, 0.25) is 0 Å². The van der Waals surface area contributed by atoms with Crippen molar-refractivity contribution in [1.29, 1.82) is 0 Å². The van der Waals surface area contributed by atoms with Gasteiger partial charge in [-0.25, -0.2) is 4.79 Å². The van der Waals surface area contributed by atoms with E-state index in [9.17, 15) is 14.7 Å². The van der Waals surface area contributed by atoms with Gasteiger partial charge in [0.2, 0.25) is 5.76 Å². The van der Waals surface area contributed by atoms with Crippen LogP contribution in [0, 0.1) is 12.8 Å². The number of hydrogen-bond acceptors (Lipinski definition) is 4. The number of rotatable bonds is 2. The number of aryl methyl sites for hydroxylation is 1. The van der Waals surface area contributed by atoms with Crippen LogP contribution in [-0.2, 0) is 4.79 Å². The highest BCUT2D eigenvalue weighted by atomic mass is 16.5. The minimum atomic E-state index is -0.926. The molecule has 1 saturated carbocycles. The Morgan fingerprint density at radius 1 is 1.40 bits per heavy atom.